The Balaban J connectivity index is 1.53. The predicted octanol–water partition coefficient (Wildman–Crippen LogP) is 1.98. The number of sulfone groups is 1. The number of hydrogen-bond donors (Lipinski definition) is 1. The van der Waals surface area contributed by atoms with Gasteiger partial charge in [-0.15, -0.1) is 11.3 Å². The van der Waals surface area contributed by atoms with Gasteiger partial charge in [0.05, 0.1) is 21.0 Å². The molecule has 0 unspecified atom stereocenters. The molecule has 1 fully saturated rings. The first-order valence-electron chi connectivity index (χ1n) is 7.93. The summed E-state index contributed by atoms with van der Waals surface area (Å²) in [7, 11) is -3.51. The van der Waals surface area contributed by atoms with Crippen LogP contribution in [0.2, 0.25) is 0 Å². The van der Waals surface area contributed by atoms with Crippen molar-refractivity contribution in [3.63, 3.8) is 0 Å². The average Bonchev–Trinajstić information content (AvgIpc) is 2.96. The molecule has 0 radical (unpaired) electrons. The minimum atomic E-state index is -3.51. The van der Waals surface area contributed by atoms with E-state index in [-0.39, 0.29) is 5.75 Å². The fourth-order valence-electron chi connectivity index (χ4n) is 3.00. The van der Waals surface area contributed by atoms with E-state index < -0.39 is 21.6 Å². The molecule has 2 aromatic rings. The quantitative estimate of drug-likeness (QED) is 0.839. The number of thiazole rings is 1. The zero-order chi connectivity index (χ0) is 17.2. The van der Waals surface area contributed by atoms with Crippen LogP contribution >= 0.6 is 11.3 Å². The Morgan fingerprint density at radius 1 is 1.29 bits per heavy atom. The first-order chi connectivity index (χ1) is 11.4. The molecular formula is C16H20N2O4S2. The summed E-state index contributed by atoms with van der Waals surface area (Å²) in [6.45, 7) is 2.05. The van der Waals surface area contributed by atoms with E-state index in [0.29, 0.717) is 12.5 Å². The van der Waals surface area contributed by atoms with Crippen LogP contribution < -0.4 is 0 Å². The van der Waals surface area contributed by atoms with Crippen LogP contribution in [0.15, 0.2) is 24.3 Å². The van der Waals surface area contributed by atoms with Crippen molar-refractivity contribution in [1.29, 1.82) is 0 Å². The Morgan fingerprint density at radius 2 is 2.00 bits per heavy atom. The van der Waals surface area contributed by atoms with Gasteiger partial charge in [-0.1, -0.05) is 12.1 Å². The van der Waals surface area contributed by atoms with E-state index in [4.69, 9.17) is 10.1 Å². The predicted molar refractivity (Wildman–Crippen MR) is 94.3 cm³/mol. The number of benzene rings is 1. The van der Waals surface area contributed by atoms with Crippen LogP contribution in [0, 0.1) is 0 Å². The number of para-hydroxylation sites is 1. The van der Waals surface area contributed by atoms with Gasteiger partial charge in [-0.2, -0.15) is 0 Å². The van der Waals surface area contributed by atoms with Crippen LogP contribution in [-0.2, 0) is 14.6 Å². The van der Waals surface area contributed by atoms with E-state index in [9.17, 15) is 13.2 Å². The smallest absolute Gasteiger partial charge is 0.318 e. The number of fused-ring (bicyclic) bond motifs is 1. The molecule has 0 aliphatic carbocycles. The van der Waals surface area contributed by atoms with E-state index >= 15 is 0 Å². The van der Waals surface area contributed by atoms with E-state index in [0.717, 1.165) is 36.5 Å². The van der Waals surface area contributed by atoms with Gasteiger partial charge in [-0.3, -0.25) is 4.79 Å². The van der Waals surface area contributed by atoms with Crippen LogP contribution in [0.1, 0.15) is 23.8 Å². The monoisotopic (exact) mass is 368 g/mol. The molecule has 130 valence electrons. The Kier molecular flexibility index (Phi) is 5.17. The van der Waals surface area contributed by atoms with Gasteiger partial charge in [0.15, 0.2) is 9.84 Å². The lowest BCUT2D eigenvalue weighted by Crippen LogP contribution is -2.37. The van der Waals surface area contributed by atoms with Crippen LogP contribution in [0.3, 0.4) is 0 Å². The average molecular weight is 368 g/mol. The number of likely N-dealkylation sites (tertiary alicyclic amines) is 1. The normalized spacial score (nSPS) is 17.3. The van der Waals surface area contributed by atoms with Crippen LogP contribution in [0.25, 0.3) is 10.2 Å². The molecule has 0 amide bonds. The summed E-state index contributed by atoms with van der Waals surface area (Å²) in [5.74, 6) is -1.74. The third kappa shape index (κ3) is 4.31. The lowest BCUT2D eigenvalue weighted by molar-refractivity contribution is -0.134. The van der Waals surface area contributed by atoms with Gasteiger partial charge < -0.3 is 10.0 Å². The molecule has 24 heavy (non-hydrogen) atoms. The molecule has 2 heterocycles. The van der Waals surface area contributed by atoms with Crippen molar-refractivity contribution in [2.45, 2.75) is 18.8 Å². The second-order valence-electron chi connectivity index (χ2n) is 6.12. The number of carbonyl (C=O) groups is 1. The number of aromatic nitrogens is 1. The van der Waals surface area contributed by atoms with Crippen molar-refractivity contribution in [1.82, 2.24) is 9.88 Å². The number of carboxylic acid groups (broad SMARTS) is 1. The number of hydrogen-bond acceptors (Lipinski definition) is 6. The van der Waals surface area contributed by atoms with Crippen molar-refractivity contribution in [2.24, 2.45) is 0 Å². The highest BCUT2D eigenvalue weighted by Gasteiger charge is 2.24. The number of piperidine rings is 1. The first-order valence-corrected chi connectivity index (χ1v) is 10.6. The van der Waals surface area contributed by atoms with Crippen molar-refractivity contribution < 1.29 is 18.3 Å². The van der Waals surface area contributed by atoms with Gasteiger partial charge in [0.1, 0.15) is 5.75 Å². The summed E-state index contributed by atoms with van der Waals surface area (Å²) in [6.07, 6.45) is 1.91. The number of carboxylic acids is 1. The molecule has 3 rings (SSSR count). The van der Waals surface area contributed by atoms with Crippen molar-refractivity contribution in [3.05, 3.63) is 29.3 Å². The second-order valence-corrected chi connectivity index (χ2v) is 9.37. The van der Waals surface area contributed by atoms with Crippen molar-refractivity contribution >= 4 is 37.4 Å². The summed E-state index contributed by atoms with van der Waals surface area (Å²) >= 11 is 1.74. The highest BCUT2D eigenvalue weighted by molar-refractivity contribution is 7.92. The maximum atomic E-state index is 11.7. The molecule has 0 bridgehead atoms. The Labute approximate surface area is 145 Å². The van der Waals surface area contributed by atoms with Crippen molar-refractivity contribution in [3.8, 4) is 0 Å². The molecule has 1 aromatic heterocycles. The summed E-state index contributed by atoms with van der Waals surface area (Å²) in [5, 5.41) is 9.77. The first kappa shape index (κ1) is 17.3. The maximum absolute atomic E-state index is 11.7. The summed E-state index contributed by atoms with van der Waals surface area (Å²) in [5.41, 5.74) is 1.04. The SMILES string of the molecule is O=C(O)CS(=O)(=O)CCN1CCC(c2nc3ccccc3s2)CC1. The van der Waals surface area contributed by atoms with Gasteiger partial charge in [0, 0.05) is 12.5 Å². The van der Waals surface area contributed by atoms with Crippen LogP contribution in [0.5, 0.6) is 0 Å². The molecule has 1 aromatic carbocycles. The lowest BCUT2D eigenvalue weighted by Gasteiger charge is -2.30. The highest BCUT2D eigenvalue weighted by Crippen LogP contribution is 2.33. The van der Waals surface area contributed by atoms with Crippen molar-refractivity contribution in [2.75, 3.05) is 31.1 Å². The minimum Gasteiger partial charge on any atom is -0.480 e. The topological polar surface area (TPSA) is 87.6 Å². The number of rotatable bonds is 6. The Morgan fingerprint density at radius 3 is 2.67 bits per heavy atom. The minimum absolute atomic E-state index is 0.0922. The molecular weight excluding hydrogens is 348 g/mol. The number of nitrogens with zero attached hydrogens (tertiary/aromatic N) is 2. The molecule has 1 aliphatic rings. The van der Waals surface area contributed by atoms with Gasteiger partial charge >= 0.3 is 5.97 Å². The fourth-order valence-corrected chi connectivity index (χ4v) is 5.19. The molecule has 1 saturated heterocycles. The molecule has 0 atom stereocenters. The highest BCUT2D eigenvalue weighted by atomic mass is 32.2. The van der Waals surface area contributed by atoms with Gasteiger partial charge in [0.25, 0.3) is 0 Å². The van der Waals surface area contributed by atoms with Crippen LogP contribution in [0.4, 0.5) is 0 Å². The lowest BCUT2D eigenvalue weighted by atomic mass is 9.98. The van der Waals surface area contributed by atoms with Gasteiger partial charge in [0.2, 0.25) is 0 Å². The Hall–Kier alpha value is -1.51. The maximum Gasteiger partial charge on any atom is 0.318 e. The molecule has 0 spiro atoms. The Bertz CT molecular complexity index is 790. The number of aliphatic carboxylic acids is 1. The summed E-state index contributed by atoms with van der Waals surface area (Å²) in [4.78, 5) is 17.4. The summed E-state index contributed by atoms with van der Waals surface area (Å²) < 4.78 is 24.5. The zero-order valence-corrected chi connectivity index (χ0v) is 14.9. The van der Waals surface area contributed by atoms with E-state index in [2.05, 4.69) is 11.0 Å². The largest absolute Gasteiger partial charge is 0.480 e. The summed E-state index contributed by atoms with van der Waals surface area (Å²) in [6, 6.07) is 8.12. The fraction of sp³-hybridized carbons (Fsp3) is 0.500. The van der Waals surface area contributed by atoms with Gasteiger partial charge in [-0.25, -0.2) is 13.4 Å². The van der Waals surface area contributed by atoms with E-state index in [1.807, 2.05) is 18.2 Å². The zero-order valence-electron chi connectivity index (χ0n) is 13.2. The molecule has 1 N–H and O–H groups in total. The third-order valence-electron chi connectivity index (χ3n) is 4.31. The molecule has 8 heteroatoms. The second kappa shape index (κ2) is 7.16. The molecule has 0 saturated carbocycles. The molecule has 1 aliphatic heterocycles. The standard InChI is InChI=1S/C16H20N2O4S2/c19-15(20)11-24(21,22)10-9-18-7-5-12(6-8-18)16-17-13-3-1-2-4-14(13)23-16/h1-4,12H,5-11H2,(H,19,20). The third-order valence-corrected chi connectivity index (χ3v) is 7.00. The van der Waals surface area contributed by atoms with E-state index in [1.54, 1.807) is 11.3 Å². The molecule has 6 nitrogen and oxygen atoms in total. The van der Waals surface area contributed by atoms with Crippen LogP contribution in [-0.4, -0.2) is 60.5 Å². The van der Waals surface area contributed by atoms with Gasteiger partial charge in [-0.05, 0) is 38.1 Å². The van der Waals surface area contributed by atoms with E-state index in [1.165, 1.54) is 4.70 Å².